The van der Waals surface area contributed by atoms with Crippen LogP contribution in [-0.2, 0) is 13.1 Å². The lowest BCUT2D eigenvalue weighted by molar-refractivity contribution is 0.861. The van der Waals surface area contributed by atoms with E-state index in [-0.39, 0.29) is 0 Å². The van der Waals surface area contributed by atoms with Crippen LogP contribution in [0.25, 0.3) is 16.1 Å². The van der Waals surface area contributed by atoms with Crippen LogP contribution in [0.4, 0.5) is 0 Å². The van der Waals surface area contributed by atoms with Gasteiger partial charge in [0, 0.05) is 22.9 Å². The zero-order valence-electron chi connectivity index (χ0n) is 8.83. The molecule has 0 unspecified atom stereocenters. The molecule has 2 aromatic rings. The first-order valence-electron chi connectivity index (χ1n) is 4.75. The summed E-state index contributed by atoms with van der Waals surface area (Å²) in [7, 11) is 0. The van der Waals surface area contributed by atoms with Crippen LogP contribution in [0.1, 0.15) is 11.3 Å². The predicted octanol–water partition coefficient (Wildman–Crippen LogP) is 1.89. The second-order valence-corrected chi connectivity index (χ2v) is 3.35. The maximum Gasteiger partial charge on any atom is 0.140 e. The normalized spacial score (nSPS) is 10.0. The molecule has 2 aromatic heterocycles. The summed E-state index contributed by atoms with van der Waals surface area (Å²) >= 11 is 0. The van der Waals surface area contributed by atoms with Crippen LogP contribution in [-0.4, -0.2) is 14.2 Å². The van der Waals surface area contributed by atoms with Crippen molar-refractivity contribution in [3.8, 4) is 12.3 Å². The number of hydrogen-bond acceptors (Lipinski definition) is 2. The summed E-state index contributed by atoms with van der Waals surface area (Å²) in [5.74, 6) is 2.57. The topological polar surface area (TPSA) is 71.0 Å². The minimum Gasteiger partial charge on any atom is -0.320 e. The van der Waals surface area contributed by atoms with E-state index in [1.807, 2.05) is 23.9 Å². The average molecular weight is 214 g/mol. The standard InChI is InChI=1S/C10H10N6/c1-3-4-15-5-6-16-10(15)9(7-12-14-11)8(2)13-16/h1,5-6H,4,7H2,2H3. The van der Waals surface area contributed by atoms with E-state index in [1.165, 1.54) is 0 Å². The number of rotatable bonds is 3. The molecule has 0 fully saturated rings. The quantitative estimate of drug-likeness (QED) is 0.333. The van der Waals surface area contributed by atoms with Crippen molar-refractivity contribution in [2.24, 2.45) is 5.11 Å². The van der Waals surface area contributed by atoms with Crippen molar-refractivity contribution in [2.75, 3.05) is 0 Å². The molecule has 6 heteroatoms. The van der Waals surface area contributed by atoms with E-state index in [0.717, 1.165) is 16.9 Å². The molecule has 16 heavy (non-hydrogen) atoms. The maximum atomic E-state index is 8.34. The molecule has 0 N–H and O–H groups in total. The Morgan fingerprint density at radius 3 is 3.12 bits per heavy atom. The summed E-state index contributed by atoms with van der Waals surface area (Å²) in [6.45, 7) is 2.65. The van der Waals surface area contributed by atoms with Crippen molar-refractivity contribution >= 4 is 5.65 Å². The van der Waals surface area contributed by atoms with E-state index in [0.29, 0.717) is 13.1 Å². The minimum atomic E-state index is 0.292. The van der Waals surface area contributed by atoms with Gasteiger partial charge in [-0.2, -0.15) is 5.10 Å². The van der Waals surface area contributed by atoms with Gasteiger partial charge in [-0.1, -0.05) is 11.0 Å². The highest BCUT2D eigenvalue weighted by Gasteiger charge is 2.11. The summed E-state index contributed by atoms with van der Waals surface area (Å²) in [6.07, 6.45) is 8.98. The Labute approximate surface area is 92.1 Å². The minimum absolute atomic E-state index is 0.292. The Morgan fingerprint density at radius 2 is 2.44 bits per heavy atom. The van der Waals surface area contributed by atoms with E-state index in [2.05, 4.69) is 21.0 Å². The first-order chi connectivity index (χ1) is 7.77. The highest BCUT2D eigenvalue weighted by atomic mass is 15.3. The summed E-state index contributed by atoms with van der Waals surface area (Å²) < 4.78 is 3.65. The van der Waals surface area contributed by atoms with E-state index in [1.54, 1.807) is 4.52 Å². The smallest absolute Gasteiger partial charge is 0.140 e. The first-order valence-corrected chi connectivity index (χ1v) is 4.75. The maximum absolute atomic E-state index is 8.34. The molecule has 0 aliphatic carbocycles. The second kappa shape index (κ2) is 4.01. The van der Waals surface area contributed by atoms with Crippen LogP contribution >= 0.6 is 0 Å². The zero-order chi connectivity index (χ0) is 11.5. The molecule has 0 spiro atoms. The second-order valence-electron chi connectivity index (χ2n) is 3.35. The van der Waals surface area contributed by atoms with Gasteiger partial charge < -0.3 is 4.57 Å². The third kappa shape index (κ3) is 1.49. The number of terminal acetylenes is 1. The summed E-state index contributed by atoms with van der Waals surface area (Å²) in [6, 6.07) is 0. The van der Waals surface area contributed by atoms with Gasteiger partial charge in [0.05, 0.1) is 18.8 Å². The van der Waals surface area contributed by atoms with Crippen molar-refractivity contribution in [1.29, 1.82) is 0 Å². The molecule has 6 nitrogen and oxygen atoms in total. The van der Waals surface area contributed by atoms with Gasteiger partial charge in [-0.3, -0.25) is 0 Å². The van der Waals surface area contributed by atoms with Crippen molar-refractivity contribution in [1.82, 2.24) is 14.2 Å². The molecular formula is C10H10N6. The molecule has 0 bridgehead atoms. The van der Waals surface area contributed by atoms with Crippen molar-refractivity contribution in [3.05, 3.63) is 34.1 Å². The van der Waals surface area contributed by atoms with Gasteiger partial charge in [-0.25, -0.2) is 4.52 Å². The van der Waals surface area contributed by atoms with Crippen molar-refractivity contribution in [3.63, 3.8) is 0 Å². The van der Waals surface area contributed by atoms with Gasteiger partial charge in [-0.05, 0) is 12.5 Å². The van der Waals surface area contributed by atoms with Gasteiger partial charge in [0.25, 0.3) is 0 Å². The fraction of sp³-hybridized carbons (Fsp3) is 0.300. The van der Waals surface area contributed by atoms with Crippen LogP contribution in [0, 0.1) is 19.3 Å². The molecular weight excluding hydrogens is 204 g/mol. The lowest BCUT2D eigenvalue weighted by atomic mass is 10.2. The van der Waals surface area contributed by atoms with E-state index < -0.39 is 0 Å². The van der Waals surface area contributed by atoms with Crippen LogP contribution in [0.5, 0.6) is 0 Å². The van der Waals surface area contributed by atoms with Crippen LogP contribution in [0.3, 0.4) is 0 Å². The van der Waals surface area contributed by atoms with E-state index >= 15 is 0 Å². The number of imidazole rings is 1. The number of azide groups is 1. The zero-order valence-corrected chi connectivity index (χ0v) is 8.83. The molecule has 0 aliphatic heterocycles. The molecule has 80 valence electrons. The fourth-order valence-corrected chi connectivity index (χ4v) is 1.71. The van der Waals surface area contributed by atoms with Crippen molar-refractivity contribution in [2.45, 2.75) is 20.0 Å². The van der Waals surface area contributed by atoms with Gasteiger partial charge in [0.15, 0.2) is 0 Å². The molecule has 0 saturated heterocycles. The molecule has 0 saturated carbocycles. The number of nitrogens with zero attached hydrogens (tertiary/aromatic N) is 6. The van der Waals surface area contributed by atoms with Gasteiger partial charge in [0.2, 0.25) is 0 Å². The highest BCUT2D eigenvalue weighted by molar-refractivity contribution is 5.51. The van der Waals surface area contributed by atoms with Gasteiger partial charge >= 0.3 is 0 Å². The molecule has 2 rings (SSSR count). The third-order valence-corrected chi connectivity index (χ3v) is 2.39. The average Bonchev–Trinajstić information content (AvgIpc) is 2.77. The van der Waals surface area contributed by atoms with Crippen molar-refractivity contribution < 1.29 is 0 Å². The summed E-state index contributed by atoms with van der Waals surface area (Å²) in [5.41, 5.74) is 11.0. The molecule has 0 radical (unpaired) electrons. The number of aryl methyl sites for hydroxylation is 1. The Morgan fingerprint density at radius 1 is 1.62 bits per heavy atom. The van der Waals surface area contributed by atoms with E-state index in [9.17, 15) is 0 Å². The monoisotopic (exact) mass is 214 g/mol. The van der Waals surface area contributed by atoms with Gasteiger partial charge in [0.1, 0.15) is 5.65 Å². The molecule has 0 aliphatic rings. The molecule has 0 atom stereocenters. The highest BCUT2D eigenvalue weighted by Crippen LogP contribution is 2.17. The van der Waals surface area contributed by atoms with Crippen LogP contribution in [0.2, 0.25) is 0 Å². The summed E-state index contributed by atoms with van der Waals surface area (Å²) in [4.78, 5) is 2.76. The van der Waals surface area contributed by atoms with E-state index in [4.69, 9.17) is 12.0 Å². The largest absolute Gasteiger partial charge is 0.320 e. The number of aromatic nitrogens is 3. The fourth-order valence-electron chi connectivity index (χ4n) is 1.71. The Hall–Kier alpha value is -2.38. The van der Waals surface area contributed by atoms with Gasteiger partial charge in [-0.15, -0.1) is 6.42 Å². The number of fused-ring (bicyclic) bond motifs is 1. The number of hydrogen-bond donors (Lipinski definition) is 0. The Balaban J connectivity index is 2.60. The molecule has 0 amide bonds. The predicted molar refractivity (Wildman–Crippen MR) is 59.6 cm³/mol. The Kier molecular flexibility index (Phi) is 2.54. The lowest BCUT2D eigenvalue weighted by Crippen LogP contribution is -1.96. The van der Waals surface area contributed by atoms with Crippen LogP contribution < -0.4 is 0 Å². The Bertz CT molecular complexity index is 605. The van der Waals surface area contributed by atoms with Crippen LogP contribution in [0.15, 0.2) is 17.5 Å². The lowest BCUT2D eigenvalue weighted by Gasteiger charge is -1.99. The first kappa shape index (κ1) is 10.1. The SMILES string of the molecule is C#CCn1ccn2nc(C)c(CN=[N+]=[N-])c12. The molecule has 2 heterocycles. The molecule has 0 aromatic carbocycles. The summed E-state index contributed by atoms with van der Waals surface area (Å²) in [5, 5.41) is 7.88. The third-order valence-electron chi connectivity index (χ3n) is 2.39.